The Morgan fingerprint density at radius 1 is 1.10 bits per heavy atom. The van der Waals surface area contributed by atoms with Gasteiger partial charge >= 0.3 is 0 Å². The number of halogens is 3. The molecule has 0 saturated carbocycles. The van der Waals surface area contributed by atoms with Gasteiger partial charge in [-0.1, -0.05) is 6.07 Å². The van der Waals surface area contributed by atoms with Gasteiger partial charge in [0.1, 0.15) is 17.6 Å². The van der Waals surface area contributed by atoms with Crippen molar-refractivity contribution in [3.63, 3.8) is 0 Å². The molecule has 0 heterocycles. The molecular weight excluding hydrogens is 281 g/mol. The van der Waals surface area contributed by atoms with Gasteiger partial charge in [-0.15, -0.1) is 0 Å². The number of nitrogens with zero attached hydrogens (tertiary/aromatic N) is 1. The van der Waals surface area contributed by atoms with Gasteiger partial charge in [0.15, 0.2) is 11.6 Å². The fourth-order valence-corrected chi connectivity index (χ4v) is 1.82. The third kappa shape index (κ3) is 3.26. The lowest BCUT2D eigenvalue weighted by Gasteiger charge is -2.15. The van der Waals surface area contributed by atoms with Crippen LogP contribution in [0.2, 0.25) is 0 Å². The fourth-order valence-electron chi connectivity index (χ4n) is 1.82. The molecule has 2 aromatic rings. The predicted octanol–water partition coefficient (Wildman–Crippen LogP) is 3.79. The highest BCUT2D eigenvalue weighted by Gasteiger charge is 2.18. The van der Waals surface area contributed by atoms with Gasteiger partial charge < -0.3 is 10.1 Å². The monoisotopic (exact) mass is 292 g/mol. The van der Waals surface area contributed by atoms with Crippen molar-refractivity contribution in [2.75, 3.05) is 12.4 Å². The molecule has 1 unspecified atom stereocenters. The van der Waals surface area contributed by atoms with Crippen LogP contribution in [0.15, 0.2) is 36.4 Å². The molecule has 1 N–H and O–H groups in total. The molecule has 0 saturated heterocycles. The van der Waals surface area contributed by atoms with Crippen LogP contribution in [-0.2, 0) is 0 Å². The van der Waals surface area contributed by atoms with Crippen LogP contribution in [0.25, 0.3) is 0 Å². The second-order valence-corrected chi connectivity index (χ2v) is 4.23. The zero-order valence-electron chi connectivity index (χ0n) is 11.0. The minimum Gasteiger partial charge on any atom is -0.497 e. The summed E-state index contributed by atoms with van der Waals surface area (Å²) in [5.74, 6) is -2.95. The lowest BCUT2D eigenvalue weighted by molar-refractivity contribution is 0.415. The second kappa shape index (κ2) is 6.18. The van der Waals surface area contributed by atoms with Gasteiger partial charge in [0, 0.05) is 23.4 Å². The molecule has 2 rings (SSSR count). The number of hydrogen-bond acceptors (Lipinski definition) is 3. The van der Waals surface area contributed by atoms with Crippen LogP contribution in [0.4, 0.5) is 18.9 Å². The first-order chi connectivity index (χ1) is 10.0. The number of methoxy groups -OCH3 is 1. The molecule has 6 heteroatoms. The van der Waals surface area contributed by atoms with E-state index in [9.17, 15) is 13.2 Å². The third-order valence-electron chi connectivity index (χ3n) is 2.86. The minimum absolute atomic E-state index is 0.265. The molecule has 21 heavy (non-hydrogen) atoms. The number of ether oxygens (including phenoxy) is 1. The lowest BCUT2D eigenvalue weighted by atomic mass is 10.1. The van der Waals surface area contributed by atoms with E-state index in [1.807, 2.05) is 6.07 Å². The van der Waals surface area contributed by atoms with Gasteiger partial charge in [0.05, 0.1) is 13.2 Å². The number of hydrogen-bond donors (Lipinski definition) is 1. The van der Waals surface area contributed by atoms with E-state index in [1.165, 1.54) is 7.11 Å². The van der Waals surface area contributed by atoms with E-state index in [-0.39, 0.29) is 5.56 Å². The van der Waals surface area contributed by atoms with E-state index in [1.54, 1.807) is 24.3 Å². The van der Waals surface area contributed by atoms with Gasteiger partial charge in [0.2, 0.25) is 0 Å². The summed E-state index contributed by atoms with van der Waals surface area (Å²) in [4.78, 5) is 0. The highest BCUT2D eigenvalue weighted by molar-refractivity contribution is 5.51. The van der Waals surface area contributed by atoms with E-state index in [4.69, 9.17) is 10.00 Å². The van der Waals surface area contributed by atoms with Crippen molar-refractivity contribution in [2.45, 2.75) is 6.04 Å². The normalized spacial score (nSPS) is 11.6. The number of nitrogens with one attached hydrogen (secondary N) is 1. The van der Waals surface area contributed by atoms with Gasteiger partial charge in [-0.25, -0.2) is 13.2 Å². The molecular formula is C15H11F3N2O. The smallest absolute Gasteiger partial charge is 0.161 e. The zero-order valence-corrected chi connectivity index (χ0v) is 11.0. The molecule has 0 bridgehead atoms. The maximum Gasteiger partial charge on any atom is 0.161 e. The number of rotatable bonds is 4. The molecule has 2 aromatic carbocycles. The van der Waals surface area contributed by atoms with Crippen molar-refractivity contribution in [2.24, 2.45) is 0 Å². The quantitative estimate of drug-likeness (QED) is 0.872. The van der Waals surface area contributed by atoms with Crippen molar-refractivity contribution < 1.29 is 17.9 Å². The Balaban J connectivity index is 2.32. The lowest BCUT2D eigenvalue weighted by Crippen LogP contribution is -2.11. The van der Waals surface area contributed by atoms with Crippen molar-refractivity contribution in [1.29, 1.82) is 5.26 Å². The summed E-state index contributed by atoms with van der Waals surface area (Å²) in [5.41, 5.74) is 0.226. The molecule has 1 atom stereocenters. The van der Waals surface area contributed by atoms with Crippen molar-refractivity contribution in [3.8, 4) is 11.8 Å². The molecule has 0 aliphatic carbocycles. The predicted molar refractivity (Wildman–Crippen MR) is 71.3 cm³/mol. The van der Waals surface area contributed by atoms with E-state index in [2.05, 4.69) is 5.32 Å². The molecule has 0 radical (unpaired) electrons. The Morgan fingerprint density at radius 3 is 2.48 bits per heavy atom. The molecule has 0 aromatic heterocycles. The molecule has 0 spiro atoms. The maximum atomic E-state index is 13.7. The molecule has 3 nitrogen and oxygen atoms in total. The molecule has 0 fully saturated rings. The van der Waals surface area contributed by atoms with Crippen LogP contribution in [0.5, 0.6) is 5.75 Å². The van der Waals surface area contributed by atoms with Gasteiger partial charge in [-0.3, -0.25) is 0 Å². The Bertz CT molecular complexity index is 698. The van der Waals surface area contributed by atoms with Crippen molar-refractivity contribution in [3.05, 3.63) is 59.4 Å². The molecule has 0 aliphatic heterocycles. The largest absolute Gasteiger partial charge is 0.497 e. The molecule has 0 aliphatic rings. The first kappa shape index (κ1) is 14.7. The van der Waals surface area contributed by atoms with Crippen LogP contribution >= 0.6 is 0 Å². The van der Waals surface area contributed by atoms with Gasteiger partial charge in [-0.2, -0.15) is 5.26 Å². The van der Waals surface area contributed by atoms with Gasteiger partial charge in [0.25, 0.3) is 0 Å². The first-order valence-corrected chi connectivity index (χ1v) is 6.00. The number of anilines is 1. The first-order valence-electron chi connectivity index (χ1n) is 6.00. The Morgan fingerprint density at radius 2 is 1.81 bits per heavy atom. The maximum absolute atomic E-state index is 13.7. The third-order valence-corrected chi connectivity index (χ3v) is 2.86. The second-order valence-electron chi connectivity index (χ2n) is 4.23. The Hall–Kier alpha value is -2.68. The average molecular weight is 292 g/mol. The van der Waals surface area contributed by atoms with Crippen molar-refractivity contribution in [1.82, 2.24) is 0 Å². The van der Waals surface area contributed by atoms with Crippen LogP contribution in [0.1, 0.15) is 11.6 Å². The molecule has 0 amide bonds. The van der Waals surface area contributed by atoms with Crippen molar-refractivity contribution >= 4 is 5.69 Å². The van der Waals surface area contributed by atoms with Gasteiger partial charge in [-0.05, 0) is 18.2 Å². The zero-order chi connectivity index (χ0) is 15.4. The van der Waals surface area contributed by atoms with Crippen LogP contribution < -0.4 is 10.1 Å². The summed E-state index contributed by atoms with van der Waals surface area (Å²) in [6, 6.07) is 8.36. The van der Waals surface area contributed by atoms with E-state index in [0.717, 1.165) is 0 Å². The summed E-state index contributed by atoms with van der Waals surface area (Å²) in [6.45, 7) is 0. The van der Waals surface area contributed by atoms with Crippen LogP contribution in [-0.4, -0.2) is 7.11 Å². The fraction of sp³-hybridized carbons (Fsp3) is 0.133. The van der Waals surface area contributed by atoms with Crippen LogP contribution in [0, 0.1) is 28.8 Å². The Labute approximate surface area is 119 Å². The summed E-state index contributed by atoms with van der Waals surface area (Å²) < 4.78 is 44.9. The highest BCUT2D eigenvalue weighted by atomic mass is 19.2. The van der Waals surface area contributed by atoms with E-state index < -0.39 is 23.5 Å². The summed E-state index contributed by atoms with van der Waals surface area (Å²) >= 11 is 0. The summed E-state index contributed by atoms with van der Waals surface area (Å²) in [6.07, 6.45) is 0. The Kier molecular flexibility index (Phi) is 4.33. The van der Waals surface area contributed by atoms with E-state index in [0.29, 0.717) is 23.6 Å². The number of nitriles is 1. The average Bonchev–Trinajstić information content (AvgIpc) is 2.49. The van der Waals surface area contributed by atoms with Crippen LogP contribution in [0.3, 0.4) is 0 Å². The minimum atomic E-state index is -1.30. The summed E-state index contributed by atoms with van der Waals surface area (Å²) in [7, 11) is 1.48. The standard InChI is InChI=1S/C15H11F3N2O/c1-21-10-4-2-3-9(5-10)20-15(8-19)11-6-13(17)14(18)7-12(11)16/h2-7,15,20H,1H3. The molecule has 108 valence electrons. The summed E-state index contributed by atoms with van der Waals surface area (Å²) in [5, 5.41) is 11.9. The topological polar surface area (TPSA) is 45.0 Å². The number of benzene rings is 2. The highest BCUT2D eigenvalue weighted by Crippen LogP contribution is 2.25. The van der Waals surface area contributed by atoms with E-state index >= 15 is 0 Å². The SMILES string of the molecule is COc1cccc(NC(C#N)c2cc(F)c(F)cc2F)c1.